The van der Waals surface area contributed by atoms with Gasteiger partial charge in [-0.2, -0.15) is 0 Å². The third kappa shape index (κ3) is 26.1. The average Bonchev–Trinajstić information content (AvgIpc) is 3.31. The van der Waals surface area contributed by atoms with Crippen LogP contribution in [0.2, 0.25) is 0 Å². The van der Waals surface area contributed by atoms with Crippen LogP contribution in [0.1, 0.15) is 219 Å². The SMILES string of the molecule is CCCCCCCCC/C=C\CCCCCCCC(=O)NC(COC1OC(CO)C(OC2OC(CO)C(O)C(O)C2O)C(O)C1O)C(O)CCCCCCCCCCCCCCCCCC. The summed E-state index contributed by atoms with van der Waals surface area (Å²) in [4.78, 5) is 13.2. The first-order valence-corrected chi connectivity index (χ1v) is 26.9. The van der Waals surface area contributed by atoms with E-state index in [0.717, 1.165) is 64.2 Å². The van der Waals surface area contributed by atoms with Gasteiger partial charge in [-0.05, 0) is 38.5 Å². The number of hydrogen-bond donors (Lipinski definition) is 9. The molecule has 12 unspecified atom stereocenters. The van der Waals surface area contributed by atoms with E-state index in [2.05, 4.69) is 31.3 Å². The zero-order chi connectivity index (χ0) is 48.2. The maximum Gasteiger partial charge on any atom is 0.220 e. The highest BCUT2D eigenvalue weighted by atomic mass is 16.7. The van der Waals surface area contributed by atoms with E-state index in [4.69, 9.17) is 18.9 Å². The van der Waals surface area contributed by atoms with Gasteiger partial charge in [-0.1, -0.05) is 187 Å². The number of nitrogens with one attached hydrogen (secondary N) is 1. The molecule has 2 aliphatic heterocycles. The molecule has 0 saturated carbocycles. The second-order valence-electron chi connectivity index (χ2n) is 19.4. The van der Waals surface area contributed by atoms with Gasteiger partial charge in [0.15, 0.2) is 12.6 Å². The first kappa shape index (κ1) is 60.9. The Hall–Kier alpha value is -1.27. The smallest absolute Gasteiger partial charge is 0.220 e. The Labute approximate surface area is 399 Å². The molecule has 2 rings (SSSR count). The van der Waals surface area contributed by atoms with Gasteiger partial charge < -0.3 is 65.1 Å². The molecule has 0 aromatic rings. The molecule has 14 nitrogen and oxygen atoms in total. The summed E-state index contributed by atoms with van der Waals surface area (Å²) >= 11 is 0. The summed E-state index contributed by atoms with van der Waals surface area (Å²) < 4.78 is 22.8. The van der Waals surface area contributed by atoms with Crippen LogP contribution in [0.4, 0.5) is 0 Å². The van der Waals surface area contributed by atoms with Gasteiger partial charge in [0.25, 0.3) is 0 Å². The minimum absolute atomic E-state index is 0.214. The van der Waals surface area contributed by atoms with Crippen LogP contribution in [0.15, 0.2) is 12.2 Å². The Balaban J connectivity index is 1.82. The van der Waals surface area contributed by atoms with Crippen molar-refractivity contribution in [3.63, 3.8) is 0 Å². The second-order valence-corrected chi connectivity index (χ2v) is 19.4. The predicted molar refractivity (Wildman–Crippen MR) is 259 cm³/mol. The fourth-order valence-electron chi connectivity index (χ4n) is 9.06. The van der Waals surface area contributed by atoms with Crippen molar-refractivity contribution in [2.75, 3.05) is 19.8 Å². The van der Waals surface area contributed by atoms with Gasteiger partial charge in [-0.15, -0.1) is 0 Å². The van der Waals surface area contributed by atoms with Crippen molar-refractivity contribution in [2.45, 2.75) is 293 Å². The van der Waals surface area contributed by atoms with E-state index in [0.29, 0.717) is 19.3 Å². The van der Waals surface area contributed by atoms with Crippen LogP contribution in [0.5, 0.6) is 0 Å². The second kappa shape index (κ2) is 39.5. The Morgan fingerprint density at radius 2 is 0.955 bits per heavy atom. The first-order chi connectivity index (χ1) is 32.1. The number of hydrogen-bond acceptors (Lipinski definition) is 13. The molecule has 12 atom stereocenters. The fraction of sp³-hybridized carbons (Fsp3) is 0.942. The minimum Gasteiger partial charge on any atom is -0.394 e. The molecule has 9 N–H and O–H groups in total. The summed E-state index contributed by atoms with van der Waals surface area (Å²) in [5.74, 6) is -0.214. The minimum atomic E-state index is -1.78. The number of amides is 1. The number of carbonyl (C=O) groups is 1. The third-order valence-electron chi connectivity index (χ3n) is 13.5. The van der Waals surface area contributed by atoms with Crippen molar-refractivity contribution >= 4 is 5.91 Å². The molecule has 14 heteroatoms. The van der Waals surface area contributed by atoms with Crippen molar-refractivity contribution in [1.82, 2.24) is 5.32 Å². The van der Waals surface area contributed by atoms with E-state index >= 15 is 0 Å². The Kier molecular flexibility index (Phi) is 36.4. The highest BCUT2D eigenvalue weighted by Crippen LogP contribution is 2.30. The van der Waals surface area contributed by atoms with E-state index in [1.54, 1.807) is 0 Å². The molecule has 1 amide bonds. The molecule has 0 bridgehead atoms. The highest BCUT2D eigenvalue weighted by molar-refractivity contribution is 5.76. The Morgan fingerprint density at radius 1 is 0.530 bits per heavy atom. The molecule has 390 valence electrons. The number of aliphatic hydroxyl groups is 8. The topological polar surface area (TPSA) is 228 Å². The van der Waals surface area contributed by atoms with Gasteiger partial charge in [0.1, 0.15) is 48.8 Å². The molecule has 0 aromatic carbocycles. The molecule has 66 heavy (non-hydrogen) atoms. The van der Waals surface area contributed by atoms with Gasteiger partial charge >= 0.3 is 0 Å². The molecule has 2 fully saturated rings. The predicted octanol–water partition coefficient (Wildman–Crippen LogP) is 7.55. The lowest BCUT2D eigenvalue weighted by molar-refractivity contribution is -0.359. The monoisotopic (exact) mass is 946 g/mol. The first-order valence-electron chi connectivity index (χ1n) is 26.9. The van der Waals surface area contributed by atoms with Crippen LogP contribution in [0, 0.1) is 0 Å². The summed E-state index contributed by atoms with van der Waals surface area (Å²) in [7, 11) is 0. The van der Waals surface area contributed by atoms with Crippen molar-refractivity contribution < 1.29 is 64.6 Å². The molecule has 0 radical (unpaired) electrons. The van der Waals surface area contributed by atoms with Crippen molar-refractivity contribution in [1.29, 1.82) is 0 Å². The lowest BCUT2D eigenvalue weighted by Gasteiger charge is -2.46. The number of rotatable bonds is 42. The van der Waals surface area contributed by atoms with E-state index in [9.17, 15) is 45.6 Å². The highest BCUT2D eigenvalue weighted by Gasteiger charge is 2.51. The molecule has 2 aliphatic rings. The average molecular weight is 946 g/mol. The quantitative estimate of drug-likeness (QED) is 0.0213. The summed E-state index contributed by atoms with van der Waals surface area (Å²) in [5, 5.41) is 87.0. The van der Waals surface area contributed by atoms with Gasteiger partial charge in [0.05, 0.1) is 32.0 Å². The number of allylic oxidation sites excluding steroid dienone is 2. The fourth-order valence-corrected chi connectivity index (χ4v) is 9.06. The lowest BCUT2D eigenvalue weighted by Crippen LogP contribution is -2.65. The van der Waals surface area contributed by atoms with Crippen molar-refractivity contribution in [2.24, 2.45) is 0 Å². The Bertz CT molecular complexity index is 1160. The molecular weight excluding hydrogens is 847 g/mol. The number of carbonyl (C=O) groups excluding carboxylic acids is 1. The maximum atomic E-state index is 13.2. The van der Waals surface area contributed by atoms with Crippen molar-refractivity contribution in [3.05, 3.63) is 12.2 Å². The molecule has 0 aliphatic carbocycles. The maximum absolute atomic E-state index is 13.2. The van der Waals surface area contributed by atoms with E-state index < -0.39 is 86.8 Å². The van der Waals surface area contributed by atoms with Gasteiger partial charge in [-0.25, -0.2) is 0 Å². The third-order valence-corrected chi connectivity index (χ3v) is 13.5. The summed E-state index contributed by atoms with van der Waals surface area (Å²) in [6.07, 6.45) is 24.9. The van der Waals surface area contributed by atoms with E-state index in [1.165, 1.54) is 122 Å². The summed E-state index contributed by atoms with van der Waals surface area (Å²) in [6, 6.07) is -0.828. The van der Waals surface area contributed by atoms with Crippen LogP contribution in [-0.2, 0) is 23.7 Å². The van der Waals surface area contributed by atoms with Crippen LogP contribution in [0.25, 0.3) is 0 Å². The summed E-state index contributed by atoms with van der Waals surface area (Å²) in [5.41, 5.74) is 0. The van der Waals surface area contributed by atoms with Gasteiger partial charge in [-0.3, -0.25) is 4.79 Å². The number of ether oxygens (including phenoxy) is 4. The zero-order valence-corrected chi connectivity index (χ0v) is 41.5. The van der Waals surface area contributed by atoms with Crippen LogP contribution in [-0.4, -0.2) is 140 Å². The molecular formula is C52H99NO13. The lowest BCUT2D eigenvalue weighted by atomic mass is 9.97. The van der Waals surface area contributed by atoms with E-state index in [-0.39, 0.29) is 12.5 Å². The van der Waals surface area contributed by atoms with Gasteiger partial charge in [0, 0.05) is 6.42 Å². The molecule has 0 spiro atoms. The number of unbranched alkanes of at least 4 members (excludes halogenated alkanes) is 27. The standard InChI is InChI=1S/C52H99NO13/c1-3-5-7-9-11-13-15-17-19-21-23-25-27-29-31-33-35-41(56)40(53-44(57)36-34-32-30-28-26-24-22-20-18-16-14-12-10-8-6-4-2)39-63-51-49(62)47(60)50(43(38-55)65-51)66-52-48(61)46(59)45(58)42(37-54)64-52/h20,22,40-43,45-52,54-56,58-62H,3-19,21,23-39H2,1-2H3,(H,53,57)/b22-20-. The van der Waals surface area contributed by atoms with E-state index in [1.807, 2.05) is 0 Å². The summed E-state index contributed by atoms with van der Waals surface area (Å²) in [6.45, 7) is 2.86. The number of aliphatic hydroxyl groups excluding tert-OH is 8. The molecule has 2 saturated heterocycles. The van der Waals surface area contributed by atoms with Crippen LogP contribution >= 0.6 is 0 Å². The van der Waals surface area contributed by atoms with Gasteiger partial charge in [0.2, 0.25) is 5.91 Å². The molecule has 2 heterocycles. The zero-order valence-electron chi connectivity index (χ0n) is 41.5. The van der Waals surface area contributed by atoms with Crippen LogP contribution in [0.3, 0.4) is 0 Å². The van der Waals surface area contributed by atoms with Crippen molar-refractivity contribution in [3.8, 4) is 0 Å². The normalized spacial score (nSPS) is 26.8. The largest absolute Gasteiger partial charge is 0.394 e. The molecule has 0 aromatic heterocycles. The van der Waals surface area contributed by atoms with Crippen LogP contribution < -0.4 is 5.32 Å². The Morgan fingerprint density at radius 3 is 1.44 bits per heavy atom.